The normalized spacial score (nSPS) is 27.8. The first-order valence-corrected chi connectivity index (χ1v) is 6.35. The van der Waals surface area contributed by atoms with Gasteiger partial charge in [0.2, 0.25) is 0 Å². The van der Waals surface area contributed by atoms with Crippen molar-refractivity contribution in [1.29, 1.82) is 0 Å². The van der Waals surface area contributed by atoms with Gasteiger partial charge in [-0.3, -0.25) is 0 Å². The predicted molar refractivity (Wildman–Crippen MR) is 60.6 cm³/mol. The second-order valence-electron chi connectivity index (χ2n) is 3.95. The van der Waals surface area contributed by atoms with Crippen LogP contribution in [-0.2, 0) is 5.41 Å². The average molecular weight is 211 g/mol. The van der Waals surface area contributed by atoms with Crippen molar-refractivity contribution in [2.45, 2.75) is 24.7 Å². The van der Waals surface area contributed by atoms with Gasteiger partial charge in [0, 0.05) is 11.2 Å². The molecule has 1 atom stereocenters. The van der Waals surface area contributed by atoms with E-state index >= 15 is 0 Å². The van der Waals surface area contributed by atoms with Crippen LogP contribution in [0.15, 0.2) is 22.8 Å². The molecule has 1 fully saturated rings. The molecular weight excluding hydrogens is 194 g/mol. The van der Waals surface area contributed by atoms with Gasteiger partial charge < -0.3 is 10.2 Å². The third-order valence-electron chi connectivity index (χ3n) is 2.99. The zero-order chi connectivity index (χ0) is 9.86. The summed E-state index contributed by atoms with van der Waals surface area (Å²) in [6.07, 6.45) is 5.33. The van der Waals surface area contributed by atoms with Crippen LogP contribution >= 0.6 is 11.8 Å². The standard InChI is InChI=1S/C11H17NOS/c12-6-5-11(4-2-8-14-9-11)10-3-1-7-13-10/h1,3,7H,2,4-6,8-9,12H2. The summed E-state index contributed by atoms with van der Waals surface area (Å²) in [4.78, 5) is 0. The molecule has 14 heavy (non-hydrogen) atoms. The van der Waals surface area contributed by atoms with E-state index in [1.165, 1.54) is 18.6 Å². The molecule has 3 heteroatoms. The summed E-state index contributed by atoms with van der Waals surface area (Å²) in [5.74, 6) is 3.58. The maximum absolute atomic E-state index is 5.70. The predicted octanol–water partition coefficient (Wildman–Crippen LogP) is 2.39. The minimum absolute atomic E-state index is 0.223. The van der Waals surface area contributed by atoms with Crippen molar-refractivity contribution >= 4 is 11.8 Å². The number of rotatable bonds is 3. The highest BCUT2D eigenvalue weighted by atomic mass is 32.2. The highest BCUT2D eigenvalue weighted by molar-refractivity contribution is 7.99. The number of hydrogen-bond donors (Lipinski definition) is 1. The van der Waals surface area contributed by atoms with Crippen LogP contribution in [0.3, 0.4) is 0 Å². The molecule has 0 spiro atoms. The fourth-order valence-electron chi connectivity index (χ4n) is 2.22. The Morgan fingerprint density at radius 1 is 1.57 bits per heavy atom. The molecule has 2 rings (SSSR count). The topological polar surface area (TPSA) is 39.2 Å². The van der Waals surface area contributed by atoms with E-state index in [0.717, 1.165) is 24.5 Å². The van der Waals surface area contributed by atoms with Gasteiger partial charge in [-0.15, -0.1) is 0 Å². The average Bonchev–Trinajstić information content (AvgIpc) is 2.73. The molecule has 2 heterocycles. The van der Waals surface area contributed by atoms with Gasteiger partial charge in [-0.2, -0.15) is 11.8 Å². The number of furan rings is 1. The molecule has 1 aliphatic rings. The molecule has 0 radical (unpaired) electrons. The molecule has 1 saturated heterocycles. The number of thioether (sulfide) groups is 1. The van der Waals surface area contributed by atoms with Crippen molar-refractivity contribution in [3.63, 3.8) is 0 Å². The second-order valence-corrected chi connectivity index (χ2v) is 5.06. The second kappa shape index (κ2) is 4.41. The third-order valence-corrected chi connectivity index (χ3v) is 4.32. The Balaban J connectivity index is 2.20. The summed E-state index contributed by atoms with van der Waals surface area (Å²) in [7, 11) is 0. The molecule has 0 aromatic carbocycles. The van der Waals surface area contributed by atoms with E-state index in [9.17, 15) is 0 Å². The van der Waals surface area contributed by atoms with E-state index in [4.69, 9.17) is 10.2 Å². The van der Waals surface area contributed by atoms with Crippen molar-refractivity contribution in [1.82, 2.24) is 0 Å². The lowest BCUT2D eigenvalue weighted by Crippen LogP contribution is -2.34. The molecular formula is C11H17NOS. The zero-order valence-electron chi connectivity index (χ0n) is 8.37. The van der Waals surface area contributed by atoms with Gasteiger partial charge in [-0.25, -0.2) is 0 Å². The van der Waals surface area contributed by atoms with E-state index in [1.807, 2.05) is 17.8 Å². The van der Waals surface area contributed by atoms with Gasteiger partial charge in [-0.05, 0) is 43.7 Å². The maximum Gasteiger partial charge on any atom is 0.110 e. The van der Waals surface area contributed by atoms with Crippen molar-refractivity contribution in [3.8, 4) is 0 Å². The van der Waals surface area contributed by atoms with Crippen LogP contribution < -0.4 is 5.73 Å². The van der Waals surface area contributed by atoms with Crippen molar-refractivity contribution in [2.24, 2.45) is 5.73 Å². The first-order valence-electron chi connectivity index (χ1n) is 5.19. The first kappa shape index (κ1) is 10.1. The number of hydrogen-bond acceptors (Lipinski definition) is 3. The summed E-state index contributed by atoms with van der Waals surface area (Å²) in [5, 5.41) is 0. The van der Waals surface area contributed by atoms with Crippen molar-refractivity contribution < 1.29 is 4.42 Å². The van der Waals surface area contributed by atoms with Crippen molar-refractivity contribution in [3.05, 3.63) is 24.2 Å². The van der Waals surface area contributed by atoms with E-state index in [2.05, 4.69) is 6.07 Å². The fourth-order valence-corrected chi connectivity index (χ4v) is 3.54. The highest BCUT2D eigenvalue weighted by Gasteiger charge is 2.35. The van der Waals surface area contributed by atoms with Crippen LogP contribution in [0.4, 0.5) is 0 Å². The lowest BCUT2D eigenvalue weighted by Gasteiger charge is -2.34. The van der Waals surface area contributed by atoms with Gasteiger partial charge >= 0.3 is 0 Å². The third kappa shape index (κ3) is 1.84. The van der Waals surface area contributed by atoms with Crippen LogP contribution in [0.2, 0.25) is 0 Å². The van der Waals surface area contributed by atoms with E-state index in [1.54, 1.807) is 6.26 Å². The minimum Gasteiger partial charge on any atom is -0.469 e. The lowest BCUT2D eigenvalue weighted by molar-refractivity contribution is 0.321. The molecule has 2 N–H and O–H groups in total. The Bertz CT molecular complexity index is 259. The van der Waals surface area contributed by atoms with Crippen LogP contribution in [0.1, 0.15) is 25.0 Å². The van der Waals surface area contributed by atoms with Gasteiger partial charge in [0.05, 0.1) is 6.26 Å². The summed E-state index contributed by atoms with van der Waals surface area (Å²) < 4.78 is 5.56. The molecule has 78 valence electrons. The van der Waals surface area contributed by atoms with Crippen LogP contribution in [0, 0.1) is 0 Å². The van der Waals surface area contributed by atoms with Gasteiger partial charge in [0.1, 0.15) is 5.76 Å². The van der Waals surface area contributed by atoms with Crippen LogP contribution in [0.25, 0.3) is 0 Å². The molecule has 0 bridgehead atoms. The molecule has 0 saturated carbocycles. The molecule has 1 aliphatic heterocycles. The maximum atomic E-state index is 5.70. The largest absolute Gasteiger partial charge is 0.469 e. The minimum atomic E-state index is 0.223. The van der Waals surface area contributed by atoms with E-state index in [0.29, 0.717) is 0 Å². The van der Waals surface area contributed by atoms with E-state index < -0.39 is 0 Å². The monoisotopic (exact) mass is 211 g/mol. The summed E-state index contributed by atoms with van der Waals surface area (Å²) in [6, 6.07) is 4.08. The van der Waals surface area contributed by atoms with E-state index in [-0.39, 0.29) is 5.41 Å². The molecule has 1 aromatic heterocycles. The Kier molecular flexibility index (Phi) is 3.19. The Hall–Kier alpha value is -0.410. The first-order chi connectivity index (χ1) is 6.87. The Morgan fingerprint density at radius 2 is 2.50 bits per heavy atom. The SMILES string of the molecule is NCCC1(c2ccco2)CCCSC1. The quantitative estimate of drug-likeness (QED) is 0.834. The zero-order valence-corrected chi connectivity index (χ0v) is 9.19. The molecule has 0 aliphatic carbocycles. The summed E-state index contributed by atoms with van der Waals surface area (Å²) in [5.41, 5.74) is 5.92. The van der Waals surface area contributed by atoms with Gasteiger partial charge in [0.15, 0.2) is 0 Å². The lowest BCUT2D eigenvalue weighted by atomic mass is 9.79. The fraction of sp³-hybridized carbons (Fsp3) is 0.636. The molecule has 0 amide bonds. The Morgan fingerprint density at radius 3 is 3.07 bits per heavy atom. The number of nitrogens with two attached hydrogens (primary N) is 1. The van der Waals surface area contributed by atoms with Crippen LogP contribution in [-0.4, -0.2) is 18.1 Å². The molecule has 2 nitrogen and oxygen atoms in total. The smallest absolute Gasteiger partial charge is 0.110 e. The summed E-state index contributed by atoms with van der Waals surface area (Å²) in [6.45, 7) is 0.751. The van der Waals surface area contributed by atoms with Crippen molar-refractivity contribution in [2.75, 3.05) is 18.1 Å². The molecule has 1 aromatic rings. The highest BCUT2D eigenvalue weighted by Crippen LogP contribution is 2.40. The Labute approximate surface area is 89.2 Å². The van der Waals surface area contributed by atoms with Gasteiger partial charge in [0.25, 0.3) is 0 Å². The molecule has 1 unspecified atom stereocenters. The van der Waals surface area contributed by atoms with Gasteiger partial charge in [-0.1, -0.05) is 0 Å². The summed E-state index contributed by atoms with van der Waals surface area (Å²) >= 11 is 2.02. The van der Waals surface area contributed by atoms with Crippen LogP contribution in [0.5, 0.6) is 0 Å².